The van der Waals surface area contributed by atoms with Gasteiger partial charge in [0, 0.05) is 5.92 Å². The number of hydrogen-bond donors (Lipinski definition) is 1. The predicted molar refractivity (Wildman–Crippen MR) is 69.9 cm³/mol. The van der Waals surface area contributed by atoms with Gasteiger partial charge in [-0.3, -0.25) is 4.79 Å². The molecule has 1 aliphatic heterocycles. The van der Waals surface area contributed by atoms with Crippen molar-refractivity contribution < 1.29 is 14.6 Å². The molecule has 0 aromatic rings. The lowest BCUT2D eigenvalue weighted by molar-refractivity contribution is -0.142. The molecule has 1 heterocycles. The minimum Gasteiger partial charge on any atom is -0.457 e. The lowest BCUT2D eigenvalue weighted by atomic mass is 9.82. The summed E-state index contributed by atoms with van der Waals surface area (Å²) < 4.78 is 5.39. The molecule has 0 unspecified atom stereocenters. The molecule has 1 fully saturated rings. The molecule has 1 N–H and O–H groups in total. The number of carbonyl (C=O) groups is 1. The zero-order valence-corrected chi connectivity index (χ0v) is 11.3. The third kappa shape index (κ3) is 2.66. The second-order valence-corrected chi connectivity index (χ2v) is 5.64. The number of ether oxygens (including phenoxy) is 1. The molecule has 100 valence electrons. The summed E-state index contributed by atoms with van der Waals surface area (Å²) in [5.74, 6) is -0.524. The normalized spacial score (nSPS) is 43.2. The summed E-state index contributed by atoms with van der Waals surface area (Å²) in [6, 6.07) is 0. The molecule has 1 saturated heterocycles. The Hall–Kier alpha value is -1.09. The lowest BCUT2D eigenvalue weighted by Gasteiger charge is -2.24. The van der Waals surface area contributed by atoms with E-state index >= 15 is 0 Å². The first-order valence-corrected chi connectivity index (χ1v) is 6.70. The van der Waals surface area contributed by atoms with Crippen LogP contribution in [-0.4, -0.2) is 23.3 Å². The molecule has 2 rings (SSSR count). The van der Waals surface area contributed by atoms with Crippen LogP contribution in [0.25, 0.3) is 0 Å². The molecule has 0 bridgehead atoms. The molecule has 18 heavy (non-hydrogen) atoms. The molecule has 0 aromatic carbocycles. The molecule has 3 nitrogen and oxygen atoms in total. The molecule has 0 aromatic heterocycles. The van der Waals surface area contributed by atoms with Gasteiger partial charge in [0.25, 0.3) is 0 Å². The number of hydrogen-bond acceptors (Lipinski definition) is 3. The quantitative estimate of drug-likeness (QED) is 0.531. The van der Waals surface area contributed by atoms with Crippen molar-refractivity contribution in [3.05, 3.63) is 23.3 Å². The van der Waals surface area contributed by atoms with Gasteiger partial charge in [-0.1, -0.05) is 24.1 Å². The van der Waals surface area contributed by atoms with E-state index in [-0.39, 0.29) is 23.9 Å². The molecule has 2 aliphatic rings. The molecule has 0 spiro atoms. The fourth-order valence-corrected chi connectivity index (χ4v) is 2.92. The topological polar surface area (TPSA) is 46.5 Å². The zero-order chi connectivity index (χ0) is 13.3. The van der Waals surface area contributed by atoms with Crippen molar-refractivity contribution in [3.63, 3.8) is 0 Å². The summed E-state index contributed by atoms with van der Waals surface area (Å²) in [6.07, 6.45) is 6.05. The second kappa shape index (κ2) is 5.27. The summed E-state index contributed by atoms with van der Waals surface area (Å²) in [5, 5.41) is 10.3. The van der Waals surface area contributed by atoms with Crippen molar-refractivity contribution in [3.8, 4) is 0 Å². The summed E-state index contributed by atoms with van der Waals surface area (Å²) in [7, 11) is 0. The van der Waals surface area contributed by atoms with E-state index in [0.29, 0.717) is 6.42 Å². The van der Waals surface area contributed by atoms with Gasteiger partial charge in [0.2, 0.25) is 0 Å². The maximum Gasteiger partial charge on any atom is 0.309 e. The van der Waals surface area contributed by atoms with Crippen molar-refractivity contribution in [2.24, 2.45) is 11.8 Å². The van der Waals surface area contributed by atoms with Gasteiger partial charge in [-0.05, 0) is 39.2 Å². The van der Waals surface area contributed by atoms with Gasteiger partial charge in [0.05, 0.1) is 12.0 Å². The van der Waals surface area contributed by atoms with Gasteiger partial charge in [-0.2, -0.15) is 0 Å². The molecular formula is C15H22O3. The first-order valence-electron chi connectivity index (χ1n) is 6.70. The van der Waals surface area contributed by atoms with Crippen LogP contribution in [0.15, 0.2) is 23.3 Å². The van der Waals surface area contributed by atoms with Crippen molar-refractivity contribution >= 4 is 5.97 Å². The molecule has 3 heteroatoms. The van der Waals surface area contributed by atoms with Crippen LogP contribution in [0.3, 0.4) is 0 Å². The van der Waals surface area contributed by atoms with E-state index in [9.17, 15) is 9.90 Å². The van der Waals surface area contributed by atoms with Gasteiger partial charge in [-0.25, -0.2) is 0 Å². The van der Waals surface area contributed by atoms with Crippen LogP contribution >= 0.6 is 0 Å². The second-order valence-electron chi connectivity index (χ2n) is 5.64. The third-order valence-electron chi connectivity index (χ3n) is 4.04. The highest BCUT2D eigenvalue weighted by atomic mass is 16.6. The van der Waals surface area contributed by atoms with Crippen LogP contribution in [0.2, 0.25) is 0 Å². The smallest absolute Gasteiger partial charge is 0.309 e. The van der Waals surface area contributed by atoms with Crippen LogP contribution < -0.4 is 0 Å². The van der Waals surface area contributed by atoms with Crippen LogP contribution in [0.1, 0.15) is 40.0 Å². The minimum absolute atomic E-state index is 0.117. The van der Waals surface area contributed by atoms with Gasteiger partial charge in [0.1, 0.15) is 6.10 Å². The first-order chi connectivity index (χ1) is 8.49. The van der Waals surface area contributed by atoms with Gasteiger partial charge >= 0.3 is 5.97 Å². The average molecular weight is 250 g/mol. The summed E-state index contributed by atoms with van der Waals surface area (Å²) in [6.45, 7) is 5.95. The van der Waals surface area contributed by atoms with E-state index in [1.165, 1.54) is 11.1 Å². The maximum atomic E-state index is 11.7. The third-order valence-corrected chi connectivity index (χ3v) is 4.04. The highest BCUT2D eigenvalue weighted by molar-refractivity contribution is 5.75. The fraction of sp³-hybridized carbons (Fsp3) is 0.667. The molecule has 0 saturated carbocycles. The Bertz CT molecular complexity index is 395. The number of fused-ring (bicyclic) bond motifs is 1. The van der Waals surface area contributed by atoms with Gasteiger partial charge in [0.15, 0.2) is 0 Å². The van der Waals surface area contributed by atoms with Crippen LogP contribution in [0.4, 0.5) is 0 Å². The molecule has 0 radical (unpaired) electrons. The SMILES string of the molecule is C/C1=C\[C@@H]2OC(=O)[C@H](C)[C@@H]2[C@H](O)C/C(C)=C/CC1. The summed E-state index contributed by atoms with van der Waals surface area (Å²) in [5.41, 5.74) is 2.42. The molecular weight excluding hydrogens is 228 g/mol. The Balaban J connectivity index is 2.30. The largest absolute Gasteiger partial charge is 0.457 e. The number of rotatable bonds is 0. The van der Waals surface area contributed by atoms with Gasteiger partial charge in [-0.15, -0.1) is 0 Å². The molecule has 1 aliphatic carbocycles. The standard InChI is InChI=1S/C15H22O3/c1-9-5-4-6-10(2)8-13-14(12(16)7-9)11(3)15(17)18-13/h5,8,11-14,16H,4,6-7H2,1-3H3/b9-5+,10-8+/t11-,12-,13+,14-/m1/s1. The van der Waals surface area contributed by atoms with Crippen molar-refractivity contribution in [1.29, 1.82) is 0 Å². The van der Waals surface area contributed by atoms with E-state index in [2.05, 4.69) is 13.0 Å². The van der Waals surface area contributed by atoms with Crippen molar-refractivity contribution in [2.45, 2.75) is 52.2 Å². The van der Waals surface area contributed by atoms with E-state index in [1.807, 2.05) is 19.9 Å². The Morgan fingerprint density at radius 2 is 2.06 bits per heavy atom. The van der Waals surface area contributed by atoms with Crippen LogP contribution in [0.5, 0.6) is 0 Å². The lowest BCUT2D eigenvalue weighted by Crippen LogP contribution is -2.31. The summed E-state index contributed by atoms with van der Waals surface area (Å²) >= 11 is 0. The summed E-state index contributed by atoms with van der Waals surface area (Å²) in [4.78, 5) is 11.7. The molecule has 4 atom stereocenters. The van der Waals surface area contributed by atoms with Gasteiger partial charge < -0.3 is 9.84 Å². The zero-order valence-electron chi connectivity index (χ0n) is 11.3. The Morgan fingerprint density at radius 1 is 1.33 bits per heavy atom. The number of allylic oxidation sites excluding steroid dienone is 2. The Morgan fingerprint density at radius 3 is 2.78 bits per heavy atom. The van der Waals surface area contributed by atoms with Crippen LogP contribution in [0, 0.1) is 11.8 Å². The van der Waals surface area contributed by atoms with Crippen LogP contribution in [-0.2, 0) is 9.53 Å². The Labute approximate surface area is 109 Å². The molecule has 0 amide bonds. The number of aliphatic hydroxyl groups excluding tert-OH is 1. The minimum atomic E-state index is -0.505. The number of aliphatic hydroxyl groups is 1. The van der Waals surface area contributed by atoms with E-state index < -0.39 is 6.10 Å². The predicted octanol–water partition coefficient (Wildman–Crippen LogP) is 2.60. The first kappa shape index (κ1) is 13.3. The number of carbonyl (C=O) groups excluding carboxylic acids is 1. The monoisotopic (exact) mass is 250 g/mol. The average Bonchev–Trinajstić information content (AvgIpc) is 2.53. The number of esters is 1. The highest BCUT2D eigenvalue weighted by Crippen LogP contribution is 2.35. The van der Waals surface area contributed by atoms with Crippen molar-refractivity contribution in [2.75, 3.05) is 0 Å². The van der Waals surface area contributed by atoms with E-state index in [1.54, 1.807) is 0 Å². The fourth-order valence-electron chi connectivity index (χ4n) is 2.92. The Kier molecular flexibility index (Phi) is 3.91. The highest BCUT2D eigenvalue weighted by Gasteiger charge is 2.44. The van der Waals surface area contributed by atoms with Crippen molar-refractivity contribution in [1.82, 2.24) is 0 Å². The van der Waals surface area contributed by atoms with E-state index in [0.717, 1.165) is 12.8 Å². The van der Waals surface area contributed by atoms with E-state index in [4.69, 9.17) is 4.74 Å². The maximum absolute atomic E-state index is 11.7.